The summed E-state index contributed by atoms with van der Waals surface area (Å²) >= 11 is 1.24. The number of aryl methyl sites for hydroxylation is 1. The van der Waals surface area contributed by atoms with Gasteiger partial charge in [0.1, 0.15) is 6.10 Å². The zero-order valence-corrected chi connectivity index (χ0v) is 11.8. The van der Waals surface area contributed by atoms with E-state index in [-0.39, 0.29) is 5.41 Å². The first kappa shape index (κ1) is 13.1. The van der Waals surface area contributed by atoms with Gasteiger partial charge < -0.3 is 5.11 Å². The lowest BCUT2D eigenvalue weighted by atomic mass is 9.89. The molecule has 0 radical (unpaired) electrons. The molecule has 0 bridgehead atoms. The van der Waals surface area contributed by atoms with E-state index in [0.717, 1.165) is 21.8 Å². The van der Waals surface area contributed by atoms with E-state index in [1.807, 2.05) is 19.1 Å². The van der Waals surface area contributed by atoms with Gasteiger partial charge in [0.2, 0.25) is 0 Å². The second-order valence-electron chi connectivity index (χ2n) is 5.37. The summed E-state index contributed by atoms with van der Waals surface area (Å²) in [7, 11) is 0. The standard InChI is InChI=1S/C13H17N3OS/c1-8-5-6-9(7-14-8)10(17)11-12(13(2,3)4)15-16-18-11/h5-7,10,17H,1-4H3. The molecule has 18 heavy (non-hydrogen) atoms. The molecule has 2 aromatic heterocycles. The monoisotopic (exact) mass is 263 g/mol. The maximum atomic E-state index is 10.4. The van der Waals surface area contributed by atoms with Crippen molar-refractivity contribution in [2.75, 3.05) is 0 Å². The normalized spacial score (nSPS) is 13.6. The first-order valence-corrected chi connectivity index (χ1v) is 6.60. The van der Waals surface area contributed by atoms with E-state index in [1.54, 1.807) is 6.20 Å². The molecule has 1 unspecified atom stereocenters. The molecule has 0 aromatic carbocycles. The first-order valence-electron chi connectivity index (χ1n) is 5.83. The number of aromatic nitrogens is 3. The van der Waals surface area contributed by atoms with Crippen LogP contribution in [-0.2, 0) is 5.41 Å². The number of nitrogens with zero attached hydrogens (tertiary/aromatic N) is 3. The molecule has 1 N–H and O–H groups in total. The van der Waals surface area contributed by atoms with E-state index in [1.165, 1.54) is 11.5 Å². The van der Waals surface area contributed by atoms with Crippen molar-refractivity contribution in [3.8, 4) is 0 Å². The Labute approximate surface area is 111 Å². The van der Waals surface area contributed by atoms with Gasteiger partial charge in [-0.25, -0.2) is 0 Å². The molecule has 2 rings (SSSR count). The van der Waals surface area contributed by atoms with E-state index in [4.69, 9.17) is 0 Å². The van der Waals surface area contributed by atoms with Crippen molar-refractivity contribution in [3.63, 3.8) is 0 Å². The molecule has 0 saturated heterocycles. The van der Waals surface area contributed by atoms with Crippen molar-refractivity contribution in [2.24, 2.45) is 0 Å². The minimum absolute atomic E-state index is 0.124. The van der Waals surface area contributed by atoms with Crippen molar-refractivity contribution < 1.29 is 5.11 Å². The lowest BCUT2D eigenvalue weighted by Gasteiger charge is -2.19. The van der Waals surface area contributed by atoms with Crippen molar-refractivity contribution in [1.82, 2.24) is 14.6 Å². The van der Waals surface area contributed by atoms with Gasteiger partial charge in [-0.3, -0.25) is 4.98 Å². The molecule has 1 atom stereocenters. The Bertz CT molecular complexity index is 528. The van der Waals surface area contributed by atoms with Crippen LogP contribution in [0.5, 0.6) is 0 Å². The summed E-state index contributed by atoms with van der Waals surface area (Å²) in [5.74, 6) is 0. The Balaban J connectivity index is 2.37. The van der Waals surface area contributed by atoms with Crippen molar-refractivity contribution in [3.05, 3.63) is 40.2 Å². The van der Waals surface area contributed by atoms with Crippen LogP contribution in [0.25, 0.3) is 0 Å². The zero-order valence-electron chi connectivity index (χ0n) is 11.0. The second kappa shape index (κ2) is 4.74. The number of aliphatic hydroxyl groups is 1. The lowest BCUT2D eigenvalue weighted by molar-refractivity contribution is 0.220. The van der Waals surface area contributed by atoms with Crippen molar-refractivity contribution >= 4 is 11.5 Å². The van der Waals surface area contributed by atoms with Gasteiger partial charge in [0.05, 0.1) is 10.6 Å². The van der Waals surface area contributed by atoms with E-state index in [9.17, 15) is 5.11 Å². The summed E-state index contributed by atoms with van der Waals surface area (Å²) in [5.41, 5.74) is 2.43. The minimum Gasteiger partial charge on any atom is -0.383 e. The molecule has 0 aliphatic heterocycles. The van der Waals surface area contributed by atoms with Gasteiger partial charge in [-0.1, -0.05) is 31.3 Å². The molecule has 96 valence electrons. The summed E-state index contributed by atoms with van der Waals surface area (Å²) in [4.78, 5) is 5.00. The van der Waals surface area contributed by atoms with Crippen LogP contribution in [0.3, 0.4) is 0 Å². The highest BCUT2D eigenvalue weighted by Crippen LogP contribution is 2.33. The third-order valence-corrected chi connectivity index (χ3v) is 3.50. The van der Waals surface area contributed by atoms with Gasteiger partial charge in [0.15, 0.2) is 0 Å². The summed E-state index contributed by atoms with van der Waals surface area (Å²) in [6, 6.07) is 3.78. The van der Waals surface area contributed by atoms with Crippen LogP contribution < -0.4 is 0 Å². The van der Waals surface area contributed by atoms with Gasteiger partial charge in [-0.2, -0.15) is 0 Å². The van der Waals surface area contributed by atoms with Crippen LogP contribution in [0.4, 0.5) is 0 Å². The molecule has 0 saturated carbocycles. The summed E-state index contributed by atoms with van der Waals surface area (Å²) in [6.45, 7) is 8.11. The van der Waals surface area contributed by atoms with Crippen LogP contribution in [0.2, 0.25) is 0 Å². The summed E-state index contributed by atoms with van der Waals surface area (Å²) in [6.07, 6.45) is 0.999. The van der Waals surface area contributed by atoms with Crippen LogP contribution in [0.1, 0.15) is 48.7 Å². The third-order valence-electron chi connectivity index (χ3n) is 2.72. The fourth-order valence-electron chi connectivity index (χ4n) is 1.69. The number of rotatable bonds is 2. The molecule has 2 aromatic rings. The Kier molecular flexibility index (Phi) is 3.45. The largest absolute Gasteiger partial charge is 0.383 e. The van der Waals surface area contributed by atoms with Gasteiger partial charge in [0, 0.05) is 22.9 Å². The van der Waals surface area contributed by atoms with Gasteiger partial charge in [-0.15, -0.1) is 5.10 Å². The van der Waals surface area contributed by atoms with Gasteiger partial charge >= 0.3 is 0 Å². The Hall–Kier alpha value is -1.33. The maximum Gasteiger partial charge on any atom is 0.118 e. The number of pyridine rings is 1. The van der Waals surface area contributed by atoms with E-state index in [2.05, 4.69) is 35.3 Å². The highest BCUT2D eigenvalue weighted by Gasteiger charge is 2.27. The van der Waals surface area contributed by atoms with Crippen molar-refractivity contribution in [1.29, 1.82) is 0 Å². The fourth-order valence-corrected chi connectivity index (χ4v) is 2.57. The average Bonchev–Trinajstić information content (AvgIpc) is 2.77. The third kappa shape index (κ3) is 2.57. The quantitative estimate of drug-likeness (QED) is 0.905. The molecule has 0 aliphatic rings. The molecule has 2 heterocycles. The van der Waals surface area contributed by atoms with Crippen LogP contribution in [-0.4, -0.2) is 19.7 Å². The second-order valence-corrected chi connectivity index (χ2v) is 6.16. The van der Waals surface area contributed by atoms with Crippen LogP contribution >= 0.6 is 11.5 Å². The minimum atomic E-state index is -0.702. The summed E-state index contributed by atoms with van der Waals surface area (Å²) < 4.78 is 3.96. The molecule has 4 nitrogen and oxygen atoms in total. The number of aliphatic hydroxyl groups excluding tert-OH is 1. The molecular formula is C13H17N3OS. The Morgan fingerprint density at radius 1 is 1.28 bits per heavy atom. The molecular weight excluding hydrogens is 246 g/mol. The molecule has 0 fully saturated rings. The van der Waals surface area contributed by atoms with Gasteiger partial charge in [0.25, 0.3) is 0 Å². The number of hydrogen-bond acceptors (Lipinski definition) is 5. The van der Waals surface area contributed by atoms with E-state index >= 15 is 0 Å². The van der Waals surface area contributed by atoms with E-state index in [0.29, 0.717) is 0 Å². The molecule has 0 aliphatic carbocycles. The summed E-state index contributed by atoms with van der Waals surface area (Å²) in [5, 5.41) is 14.5. The van der Waals surface area contributed by atoms with Crippen LogP contribution in [0.15, 0.2) is 18.3 Å². The average molecular weight is 263 g/mol. The van der Waals surface area contributed by atoms with Crippen molar-refractivity contribution in [2.45, 2.75) is 39.2 Å². The smallest absolute Gasteiger partial charge is 0.118 e. The van der Waals surface area contributed by atoms with E-state index < -0.39 is 6.10 Å². The highest BCUT2D eigenvalue weighted by molar-refractivity contribution is 7.05. The highest BCUT2D eigenvalue weighted by atomic mass is 32.1. The Morgan fingerprint density at radius 2 is 2.00 bits per heavy atom. The Morgan fingerprint density at radius 3 is 2.56 bits per heavy atom. The first-order chi connectivity index (χ1) is 8.39. The number of hydrogen-bond donors (Lipinski definition) is 1. The zero-order chi connectivity index (χ0) is 13.3. The predicted molar refractivity (Wildman–Crippen MR) is 71.6 cm³/mol. The van der Waals surface area contributed by atoms with Gasteiger partial charge in [-0.05, 0) is 24.5 Å². The van der Waals surface area contributed by atoms with Crippen LogP contribution in [0, 0.1) is 6.92 Å². The SMILES string of the molecule is Cc1ccc(C(O)c2snnc2C(C)(C)C)cn1. The predicted octanol–water partition coefficient (Wildman–Crippen LogP) is 2.62. The molecule has 5 heteroatoms. The maximum absolute atomic E-state index is 10.4. The molecule has 0 amide bonds. The lowest BCUT2D eigenvalue weighted by Crippen LogP contribution is -2.16. The topological polar surface area (TPSA) is 58.9 Å². The molecule has 0 spiro atoms. The fraction of sp³-hybridized carbons (Fsp3) is 0.462.